The van der Waals surface area contributed by atoms with E-state index in [1.54, 1.807) is 6.08 Å². The molecule has 8 atom stereocenters. The van der Waals surface area contributed by atoms with E-state index in [1.807, 2.05) is 37.3 Å². The van der Waals surface area contributed by atoms with Crippen LogP contribution in [0.5, 0.6) is 0 Å². The largest absolute Gasteiger partial charge is 0.458 e. The van der Waals surface area contributed by atoms with Crippen LogP contribution in [0.1, 0.15) is 72.8 Å². The quantitative estimate of drug-likeness (QED) is 0.208. The van der Waals surface area contributed by atoms with Crippen molar-refractivity contribution in [3.63, 3.8) is 0 Å². The van der Waals surface area contributed by atoms with Crippen LogP contribution >= 0.6 is 0 Å². The van der Waals surface area contributed by atoms with Gasteiger partial charge in [-0.25, -0.2) is 4.79 Å². The Morgan fingerprint density at radius 1 is 0.975 bits per heavy atom. The molecule has 2 bridgehead atoms. The third kappa shape index (κ3) is 3.55. The van der Waals surface area contributed by atoms with Crippen LogP contribution in [-0.2, 0) is 33.4 Å². The van der Waals surface area contributed by atoms with Crippen LogP contribution in [-0.4, -0.2) is 42.0 Å². The molecule has 0 heterocycles. The molecule has 7 nitrogen and oxygen atoms in total. The van der Waals surface area contributed by atoms with E-state index in [2.05, 4.69) is 27.4 Å². The lowest BCUT2D eigenvalue weighted by Gasteiger charge is -2.60. The van der Waals surface area contributed by atoms with Crippen LogP contribution in [0.3, 0.4) is 0 Å². The van der Waals surface area contributed by atoms with E-state index in [-0.39, 0.29) is 11.7 Å². The zero-order valence-electron chi connectivity index (χ0n) is 24.3. The van der Waals surface area contributed by atoms with Crippen molar-refractivity contribution in [2.24, 2.45) is 33.5 Å². The molecule has 0 aromatic heterocycles. The van der Waals surface area contributed by atoms with Crippen molar-refractivity contribution < 1.29 is 33.4 Å². The van der Waals surface area contributed by atoms with E-state index < -0.39 is 63.8 Å². The summed E-state index contributed by atoms with van der Waals surface area (Å²) in [5.41, 5.74) is -1.21. The van der Waals surface area contributed by atoms with Crippen LogP contribution in [0.25, 0.3) is 6.08 Å². The first kappa shape index (κ1) is 28.3. The van der Waals surface area contributed by atoms with Gasteiger partial charge in [0.1, 0.15) is 24.1 Å². The van der Waals surface area contributed by atoms with Crippen molar-refractivity contribution in [3.8, 4) is 0 Å². The Bertz CT molecular complexity index is 1290. The van der Waals surface area contributed by atoms with E-state index in [9.17, 15) is 19.2 Å². The fraction of sp³-hybridized carbons (Fsp3) is 0.576. The van der Waals surface area contributed by atoms with Gasteiger partial charge in [0.15, 0.2) is 0 Å². The van der Waals surface area contributed by atoms with Crippen LogP contribution in [0, 0.1) is 33.5 Å². The fourth-order valence-electron chi connectivity index (χ4n) is 9.73. The minimum Gasteiger partial charge on any atom is -0.458 e. The molecule has 4 aliphatic carbocycles. The maximum atomic E-state index is 13.6. The van der Waals surface area contributed by atoms with E-state index in [4.69, 9.17) is 14.2 Å². The summed E-state index contributed by atoms with van der Waals surface area (Å²) in [5, 5.41) is 0. The average Bonchev–Trinajstić information content (AvgIpc) is 3.14. The summed E-state index contributed by atoms with van der Waals surface area (Å²) in [4.78, 5) is 51.8. The van der Waals surface area contributed by atoms with Crippen molar-refractivity contribution in [1.82, 2.24) is 0 Å². The molecule has 0 saturated heterocycles. The predicted molar refractivity (Wildman–Crippen MR) is 148 cm³/mol. The molecule has 4 aliphatic rings. The molecule has 2 spiro atoms. The van der Waals surface area contributed by atoms with Crippen molar-refractivity contribution in [2.45, 2.75) is 85.5 Å². The molecular weight excluding hydrogens is 508 g/mol. The molecule has 0 unspecified atom stereocenters. The fourth-order valence-corrected chi connectivity index (χ4v) is 9.73. The summed E-state index contributed by atoms with van der Waals surface area (Å²) < 4.78 is 18.3. The molecule has 0 radical (unpaired) electrons. The zero-order valence-corrected chi connectivity index (χ0v) is 24.3. The van der Waals surface area contributed by atoms with Gasteiger partial charge in [-0.15, -0.1) is 0 Å². The van der Waals surface area contributed by atoms with Gasteiger partial charge in [-0.1, -0.05) is 64.6 Å². The lowest BCUT2D eigenvalue weighted by atomic mass is 9.42. The van der Waals surface area contributed by atoms with E-state index in [0.29, 0.717) is 25.7 Å². The van der Waals surface area contributed by atoms with Gasteiger partial charge < -0.3 is 14.2 Å². The molecule has 1 aromatic rings. The van der Waals surface area contributed by atoms with E-state index in [0.717, 1.165) is 11.1 Å². The maximum Gasteiger partial charge on any atom is 0.331 e. The lowest BCUT2D eigenvalue weighted by Crippen LogP contribution is -2.62. The number of fused-ring (bicyclic) bond motifs is 1. The third-order valence-electron chi connectivity index (χ3n) is 11.2. The number of carbonyl (C=O) groups is 4. The van der Waals surface area contributed by atoms with Crippen molar-refractivity contribution in [1.29, 1.82) is 0 Å². The number of esters is 3. The van der Waals surface area contributed by atoms with E-state index >= 15 is 0 Å². The number of ether oxygens (including phenoxy) is 3. The minimum absolute atomic E-state index is 0.0102. The first-order valence-corrected chi connectivity index (χ1v) is 14.2. The van der Waals surface area contributed by atoms with Crippen LogP contribution in [0.2, 0.25) is 0 Å². The molecular formula is C33H40O7. The maximum absolute atomic E-state index is 13.6. The average molecular weight is 549 g/mol. The van der Waals surface area contributed by atoms with Gasteiger partial charge in [-0.05, 0) is 47.8 Å². The Morgan fingerprint density at radius 2 is 1.60 bits per heavy atom. The van der Waals surface area contributed by atoms with Crippen molar-refractivity contribution in [3.05, 3.63) is 54.1 Å². The van der Waals surface area contributed by atoms with Gasteiger partial charge in [0.25, 0.3) is 0 Å². The number of hydrogen-bond acceptors (Lipinski definition) is 7. The highest BCUT2D eigenvalue weighted by Crippen LogP contribution is 2.86. The number of carbonyl (C=O) groups excluding carboxylic acids is 4. The first-order chi connectivity index (χ1) is 18.7. The molecule has 4 fully saturated rings. The molecule has 0 amide bonds. The van der Waals surface area contributed by atoms with Crippen molar-refractivity contribution in [2.75, 3.05) is 0 Å². The minimum atomic E-state index is -0.900. The summed E-state index contributed by atoms with van der Waals surface area (Å²) in [7, 11) is 0. The number of Topliss-reactive ketones (excluding diaryl/α,β-unsaturated/α-hetero) is 1. The molecule has 5 rings (SSSR count). The Hall–Kier alpha value is -3.22. The third-order valence-corrected chi connectivity index (χ3v) is 11.2. The summed E-state index contributed by atoms with van der Waals surface area (Å²) in [6, 6.07) is 9.51. The second kappa shape index (κ2) is 9.42. The molecule has 4 saturated carbocycles. The number of hydrogen-bond donors (Lipinski definition) is 0. The van der Waals surface area contributed by atoms with E-state index in [1.165, 1.54) is 19.9 Å². The summed E-state index contributed by atoms with van der Waals surface area (Å²) >= 11 is 0. The van der Waals surface area contributed by atoms with Gasteiger partial charge in [-0.3, -0.25) is 14.4 Å². The Labute approximate surface area is 236 Å². The van der Waals surface area contributed by atoms with Gasteiger partial charge in [0.05, 0.1) is 0 Å². The topological polar surface area (TPSA) is 96.0 Å². The molecule has 0 aliphatic heterocycles. The predicted octanol–water partition coefficient (Wildman–Crippen LogP) is 5.47. The molecule has 214 valence electrons. The smallest absolute Gasteiger partial charge is 0.331 e. The Kier molecular flexibility index (Phi) is 6.67. The highest BCUT2D eigenvalue weighted by Gasteiger charge is 2.88. The number of benzene rings is 1. The van der Waals surface area contributed by atoms with Gasteiger partial charge in [0.2, 0.25) is 0 Å². The second-order valence-corrected chi connectivity index (χ2v) is 13.0. The molecule has 40 heavy (non-hydrogen) atoms. The Balaban J connectivity index is 1.63. The van der Waals surface area contributed by atoms with Crippen LogP contribution in [0.15, 0.2) is 48.6 Å². The highest BCUT2D eigenvalue weighted by atomic mass is 16.6. The highest BCUT2D eigenvalue weighted by molar-refractivity contribution is 5.87. The SMILES string of the molecule is C=C1[C@@H](OC(=O)/C=C/c2ccccc2)CC[C@@]2(C)[C@@H](OC(C)=O)[C@H](OC(C)=O)[C@]34[C@H](C)C(=O)C[C@@H](C[C@@]132)C4(C)C. The normalized spacial score (nSPS) is 39.4. The number of rotatable bonds is 5. The van der Waals surface area contributed by atoms with Gasteiger partial charge in [0, 0.05) is 48.5 Å². The van der Waals surface area contributed by atoms with Crippen molar-refractivity contribution >= 4 is 29.8 Å². The summed E-state index contributed by atoms with van der Waals surface area (Å²) in [6.45, 7) is 15.6. The summed E-state index contributed by atoms with van der Waals surface area (Å²) in [5.74, 6) is -1.80. The standard InChI is InChI=1S/C33H40O7/c1-19-25(36)17-24-18-32-20(2)26(40-27(37)14-13-23-11-9-8-10-12-23)15-16-31(32,7)28(38-21(3)34)29(39-22(4)35)33(19,32)30(24,5)6/h8-14,19,24,26,28-29H,2,15-18H2,1,3-7H3/b14-13+/t19-,24+,26+,28+,29+,31+,32+,33+/m1/s1. The summed E-state index contributed by atoms with van der Waals surface area (Å²) in [6.07, 6.45) is 3.01. The van der Waals surface area contributed by atoms with Gasteiger partial charge >= 0.3 is 17.9 Å². The molecule has 1 aromatic carbocycles. The molecule has 7 heteroatoms. The van der Waals surface area contributed by atoms with Gasteiger partial charge in [-0.2, -0.15) is 0 Å². The lowest BCUT2D eigenvalue weighted by molar-refractivity contribution is -0.194. The van der Waals surface area contributed by atoms with Crippen LogP contribution < -0.4 is 0 Å². The monoisotopic (exact) mass is 548 g/mol. The zero-order chi connectivity index (χ0) is 29.3. The second-order valence-electron chi connectivity index (χ2n) is 13.0. The Morgan fingerprint density at radius 3 is 2.23 bits per heavy atom. The number of ketones is 1. The first-order valence-electron chi connectivity index (χ1n) is 14.2. The molecule has 0 N–H and O–H groups in total. The van der Waals surface area contributed by atoms with Crippen LogP contribution in [0.4, 0.5) is 0 Å².